The highest BCUT2D eigenvalue weighted by molar-refractivity contribution is 9.10. The van der Waals surface area contributed by atoms with Gasteiger partial charge in [0.2, 0.25) is 0 Å². The van der Waals surface area contributed by atoms with Crippen LogP contribution in [0.1, 0.15) is 18.5 Å². The molecule has 1 aromatic carbocycles. The Morgan fingerprint density at radius 1 is 1.26 bits per heavy atom. The molecule has 2 aliphatic heterocycles. The lowest BCUT2D eigenvalue weighted by atomic mass is 10.1. The van der Waals surface area contributed by atoms with Gasteiger partial charge in [-0.05, 0) is 24.6 Å². The second kappa shape index (κ2) is 7.75. The summed E-state index contributed by atoms with van der Waals surface area (Å²) in [7, 11) is 0. The van der Waals surface area contributed by atoms with E-state index in [-0.39, 0.29) is 12.0 Å². The van der Waals surface area contributed by atoms with Gasteiger partial charge in [0.1, 0.15) is 6.10 Å². The normalized spacial score (nSPS) is 24.4. The van der Waals surface area contributed by atoms with Gasteiger partial charge >= 0.3 is 0 Å². The average molecular weight is 382 g/mol. The van der Waals surface area contributed by atoms with E-state index in [4.69, 9.17) is 4.74 Å². The van der Waals surface area contributed by atoms with Crippen molar-refractivity contribution in [2.75, 3.05) is 45.9 Å². The van der Waals surface area contributed by atoms with Gasteiger partial charge in [0, 0.05) is 49.8 Å². The van der Waals surface area contributed by atoms with Gasteiger partial charge in [-0.2, -0.15) is 0 Å². The van der Waals surface area contributed by atoms with Crippen molar-refractivity contribution in [2.45, 2.75) is 19.1 Å². The fourth-order valence-corrected chi connectivity index (χ4v) is 3.47. The zero-order valence-corrected chi connectivity index (χ0v) is 15.1. The zero-order chi connectivity index (χ0) is 16.2. The lowest BCUT2D eigenvalue weighted by molar-refractivity contribution is -0.147. The van der Waals surface area contributed by atoms with Gasteiger partial charge in [-0.3, -0.25) is 9.69 Å². The van der Waals surface area contributed by atoms with E-state index in [9.17, 15) is 4.79 Å². The number of nitrogens with zero attached hydrogens (tertiary/aromatic N) is 2. The lowest BCUT2D eigenvalue weighted by Gasteiger charge is -2.39. The third-order valence-electron chi connectivity index (χ3n) is 4.73. The highest BCUT2D eigenvalue weighted by Gasteiger charge is 2.30. The number of piperazine rings is 1. The molecule has 1 amide bonds. The lowest BCUT2D eigenvalue weighted by Crippen LogP contribution is -2.55. The highest BCUT2D eigenvalue weighted by atomic mass is 79.9. The van der Waals surface area contributed by atoms with E-state index >= 15 is 0 Å². The Morgan fingerprint density at radius 2 is 1.96 bits per heavy atom. The largest absolute Gasteiger partial charge is 0.366 e. The molecule has 0 radical (unpaired) electrons. The Bertz CT molecular complexity index is 523. The van der Waals surface area contributed by atoms with Crippen molar-refractivity contribution in [3.8, 4) is 0 Å². The molecule has 1 N–H and O–H groups in total. The first-order valence-electron chi connectivity index (χ1n) is 8.26. The molecule has 0 saturated carbocycles. The maximum absolute atomic E-state index is 12.5. The molecular weight excluding hydrogens is 358 g/mol. The molecule has 2 aliphatic rings. The first-order chi connectivity index (χ1) is 11.1. The Morgan fingerprint density at radius 3 is 2.57 bits per heavy atom. The fourth-order valence-electron chi connectivity index (χ4n) is 3.21. The summed E-state index contributed by atoms with van der Waals surface area (Å²) < 4.78 is 6.68. The van der Waals surface area contributed by atoms with Crippen molar-refractivity contribution in [1.82, 2.24) is 15.1 Å². The number of halogens is 1. The summed E-state index contributed by atoms with van der Waals surface area (Å²) in [6, 6.07) is 8.85. The number of nitrogens with one attached hydrogen (secondary N) is 1. The number of hydrogen-bond acceptors (Lipinski definition) is 4. The van der Waals surface area contributed by atoms with E-state index in [2.05, 4.69) is 57.3 Å². The molecule has 0 bridgehead atoms. The second-order valence-electron chi connectivity index (χ2n) is 6.15. The van der Waals surface area contributed by atoms with Gasteiger partial charge in [0.05, 0.1) is 6.61 Å². The second-order valence-corrected chi connectivity index (χ2v) is 7.07. The fraction of sp³-hybridized carbons (Fsp3) is 0.588. The summed E-state index contributed by atoms with van der Waals surface area (Å²) in [5.74, 6) is 0.133. The van der Waals surface area contributed by atoms with Crippen LogP contribution in [-0.4, -0.2) is 67.7 Å². The van der Waals surface area contributed by atoms with Crippen LogP contribution in [0.2, 0.25) is 0 Å². The van der Waals surface area contributed by atoms with Crippen molar-refractivity contribution < 1.29 is 9.53 Å². The van der Waals surface area contributed by atoms with Crippen LogP contribution in [-0.2, 0) is 9.53 Å². The number of morpholine rings is 1. The Kier molecular flexibility index (Phi) is 5.69. The smallest absolute Gasteiger partial charge is 0.253 e. The first-order valence-corrected chi connectivity index (χ1v) is 9.05. The third kappa shape index (κ3) is 4.12. The summed E-state index contributed by atoms with van der Waals surface area (Å²) in [4.78, 5) is 16.9. The van der Waals surface area contributed by atoms with Gasteiger partial charge in [-0.1, -0.05) is 28.1 Å². The maximum atomic E-state index is 12.5. The summed E-state index contributed by atoms with van der Waals surface area (Å²) in [6.07, 6.45) is -0.306. The topological polar surface area (TPSA) is 44.8 Å². The number of amides is 1. The van der Waals surface area contributed by atoms with Crippen molar-refractivity contribution in [2.24, 2.45) is 0 Å². The van der Waals surface area contributed by atoms with Crippen molar-refractivity contribution in [1.29, 1.82) is 0 Å². The number of ether oxygens (including phenoxy) is 1. The predicted molar refractivity (Wildman–Crippen MR) is 93.3 cm³/mol. The van der Waals surface area contributed by atoms with E-state index < -0.39 is 0 Å². The zero-order valence-electron chi connectivity index (χ0n) is 13.5. The molecule has 0 aromatic heterocycles. The molecular formula is C17H24BrN3O2. The Labute approximate surface area is 146 Å². The molecule has 0 aliphatic carbocycles. The number of carbonyl (C=O) groups is 1. The minimum absolute atomic E-state index is 0.133. The van der Waals surface area contributed by atoms with Gasteiger partial charge in [-0.15, -0.1) is 0 Å². The molecule has 3 rings (SSSR count). The molecule has 23 heavy (non-hydrogen) atoms. The van der Waals surface area contributed by atoms with Crippen LogP contribution in [0, 0.1) is 0 Å². The van der Waals surface area contributed by atoms with Crippen LogP contribution >= 0.6 is 15.9 Å². The summed E-state index contributed by atoms with van der Waals surface area (Å²) in [5, 5.41) is 3.22. The molecule has 2 atom stereocenters. The molecule has 6 heteroatoms. The first kappa shape index (κ1) is 16.9. The van der Waals surface area contributed by atoms with E-state index in [1.54, 1.807) is 0 Å². The van der Waals surface area contributed by atoms with E-state index in [0.29, 0.717) is 19.2 Å². The minimum atomic E-state index is -0.306. The number of carbonyl (C=O) groups excluding carboxylic acids is 1. The molecule has 0 spiro atoms. The minimum Gasteiger partial charge on any atom is -0.366 e. The SMILES string of the molecule is CC(c1ccc(Br)cc1)N1CCN(C(=O)C2CNCCO2)CC1. The van der Waals surface area contributed by atoms with Crippen LogP contribution in [0.15, 0.2) is 28.7 Å². The van der Waals surface area contributed by atoms with Crippen molar-refractivity contribution in [3.63, 3.8) is 0 Å². The number of rotatable bonds is 3. The van der Waals surface area contributed by atoms with Crippen molar-refractivity contribution >= 4 is 21.8 Å². The average Bonchev–Trinajstić information content (AvgIpc) is 2.62. The van der Waals surface area contributed by atoms with E-state index in [0.717, 1.165) is 37.2 Å². The van der Waals surface area contributed by atoms with Gasteiger partial charge in [-0.25, -0.2) is 0 Å². The quantitative estimate of drug-likeness (QED) is 0.864. The molecule has 2 saturated heterocycles. The van der Waals surface area contributed by atoms with Crippen LogP contribution in [0.4, 0.5) is 0 Å². The standard InChI is InChI=1S/C17H24BrN3O2/c1-13(14-2-4-15(18)5-3-14)20-7-9-21(10-8-20)17(22)16-12-19-6-11-23-16/h2-5,13,16,19H,6-12H2,1H3. The molecule has 2 heterocycles. The van der Waals surface area contributed by atoms with Gasteiger partial charge < -0.3 is 15.0 Å². The van der Waals surface area contributed by atoms with Crippen LogP contribution in [0.25, 0.3) is 0 Å². The van der Waals surface area contributed by atoms with Crippen molar-refractivity contribution in [3.05, 3.63) is 34.3 Å². The predicted octanol–water partition coefficient (Wildman–Crippen LogP) is 1.64. The summed E-state index contributed by atoms with van der Waals surface area (Å²) >= 11 is 3.48. The molecule has 2 fully saturated rings. The maximum Gasteiger partial charge on any atom is 0.253 e. The number of benzene rings is 1. The summed E-state index contributed by atoms with van der Waals surface area (Å²) in [6.45, 7) is 7.69. The molecule has 126 valence electrons. The van der Waals surface area contributed by atoms with Crippen LogP contribution in [0.5, 0.6) is 0 Å². The van der Waals surface area contributed by atoms with E-state index in [1.165, 1.54) is 5.56 Å². The molecule has 1 aromatic rings. The van der Waals surface area contributed by atoms with Gasteiger partial charge in [0.15, 0.2) is 0 Å². The highest BCUT2D eigenvalue weighted by Crippen LogP contribution is 2.23. The summed E-state index contributed by atoms with van der Waals surface area (Å²) in [5.41, 5.74) is 1.31. The van der Waals surface area contributed by atoms with Gasteiger partial charge in [0.25, 0.3) is 5.91 Å². The third-order valence-corrected chi connectivity index (χ3v) is 5.26. The molecule has 5 nitrogen and oxygen atoms in total. The Balaban J connectivity index is 1.53. The number of hydrogen-bond donors (Lipinski definition) is 1. The van der Waals surface area contributed by atoms with Crippen LogP contribution < -0.4 is 5.32 Å². The Hall–Kier alpha value is -0.950. The van der Waals surface area contributed by atoms with E-state index in [1.807, 2.05) is 4.90 Å². The molecule has 2 unspecified atom stereocenters. The van der Waals surface area contributed by atoms with Crippen LogP contribution in [0.3, 0.4) is 0 Å². The monoisotopic (exact) mass is 381 g/mol.